The summed E-state index contributed by atoms with van der Waals surface area (Å²) in [4.78, 5) is 2.44. The van der Waals surface area contributed by atoms with Crippen molar-refractivity contribution >= 4 is 10.8 Å². The molecular weight excluding hydrogens is 262 g/mol. The van der Waals surface area contributed by atoms with Gasteiger partial charge in [0.05, 0.1) is 6.61 Å². The number of hydrogen-bond acceptors (Lipinski definition) is 3. The van der Waals surface area contributed by atoms with Crippen LogP contribution in [0.15, 0.2) is 36.4 Å². The van der Waals surface area contributed by atoms with Crippen LogP contribution >= 0.6 is 0 Å². The first-order valence-electron chi connectivity index (χ1n) is 7.64. The minimum atomic E-state index is 0.233. The first-order chi connectivity index (χ1) is 10.2. The van der Waals surface area contributed by atoms with Crippen LogP contribution in [0.4, 0.5) is 0 Å². The van der Waals surface area contributed by atoms with E-state index in [1.165, 1.54) is 6.42 Å². The third kappa shape index (κ3) is 2.76. The molecule has 3 heteroatoms. The van der Waals surface area contributed by atoms with Crippen LogP contribution < -0.4 is 0 Å². The lowest BCUT2D eigenvalue weighted by Crippen LogP contribution is -2.25. The monoisotopic (exact) mass is 285 g/mol. The van der Waals surface area contributed by atoms with E-state index in [1.807, 2.05) is 24.3 Å². The Balaban J connectivity index is 1.85. The second-order valence-corrected chi connectivity index (χ2v) is 6.01. The van der Waals surface area contributed by atoms with E-state index in [9.17, 15) is 5.11 Å². The van der Waals surface area contributed by atoms with Gasteiger partial charge in [-0.2, -0.15) is 0 Å². The topological polar surface area (TPSA) is 32.7 Å². The van der Waals surface area contributed by atoms with Crippen molar-refractivity contribution in [3.8, 4) is 5.75 Å². The molecule has 2 aromatic rings. The molecule has 1 saturated heterocycles. The summed E-state index contributed by atoms with van der Waals surface area (Å²) in [6.45, 7) is 5.12. The van der Waals surface area contributed by atoms with E-state index in [4.69, 9.17) is 4.74 Å². The Morgan fingerprint density at radius 1 is 1.29 bits per heavy atom. The summed E-state index contributed by atoms with van der Waals surface area (Å²) in [5.74, 6) is 1.04. The van der Waals surface area contributed by atoms with Crippen LogP contribution in [0.3, 0.4) is 0 Å². The Kier molecular flexibility index (Phi) is 4.13. The van der Waals surface area contributed by atoms with Gasteiger partial charge in [-0.15, -0.1) is 0 Å². The second-order valence-electron chi connectivity index (χ2n) is 6.01. The zero-order valence-corrected chi connectivity index (χ0v) is 12.7. The molecule has 0 radical (unpaired) electrons. The van der Waals surface area contributed by atoms with Gasteiger partial charge in [-0.1, -0.05) is 36.4 Å². The highest BCUT2D eigenvalue weighted by molar-refractivity contribution is 5.89. The van der Waals surface area contributed by atoms with Gasteiger partial charge in [0.2, 0.25) is 0 Å². The Hall–Kier alpha value is -1.58. The summed E-state index contributed by atoms with van der Waals surface area (Å²) < 4.78 is 5.26. The molecule has 2 unspecified atom stereocenters. The fourth-order valence-electron chi connectivity index (χ4n) is 3.39. The minimum Gasteiger partial charge on any atom is -0.507 e. The van der Waals surface area contributed by atoms with Gasteiger partial charge in [0.1, 0.15) is 5.75 Å². The predicted octanol–water partition coefficient (Wildman–Crippen LogP) is 3.57. The molecule has 112 valence electrons. The number of phenolic OH excluding ortho intramolecular Hbond substituents is 1. The third-order valence-corrected chi connectivity index (χ3v) is 4.65. The quantitative estimate of drug-likeness (QED) is 0.932. The lowest BCUT2D eigenvalue weighted by molar-refractivity contribution is 0.148. The molecule has 1 N–H and O–H groups in total. The molecule has 2 aromatic carbocycles. The minimum absolute atomic E-state index is 0.233. The van der Waals surface area contributed by atoms with Gasteiger partial charge in [0, 0.05) is 30.6 Å². The maximum Gasteiger partial charge on any atom is 0.128 e. The molecule has 0 spiro atoms. The van der Waals surface area contributed by atoms with Crippen LogP contribution in [0.5, 0.6) is 5.75 Å². The first-order valence-corrected chi connectivity index (χ1v) is 7.64. The van der Waals surface area contributed by atoms with E-state index in [0.717, 1.165) is 36.0 Å². The fourth-order valence-corrected chi connectivity index (χ4v) is 3.39. The van der Waals surface area contributed by atoms with E-state index < -0.39 is 0 Å². The molecule has 3 rings (SSSR count). The van der Waals surface area contributed by atoms with E-state index in [-0.39, 0.29) is 6.04 Å². The Labute approximate surface area is 126 Å². The molecule has 2 atom stereocenters. The number of aromatic hydroxyl groups is 1. The number of methoxy groups -OCH3 is 1. The van der Waals surface area contributed by atoms with Crippen LogP contribution in [0.2, 0.25) is 0 Å². The molecule has 3 nitrogen and oxygen atoms in total. The number of nitrogens with zero attached hydrogens (tertiary/aromatic N) is 1. The first kappa shape index (κ1) is 14.4. The normalized spacial score (nSPS) is 21.0. The summed E-state index contributed by atoms with van der Waals surface area (Å²) >= 11 is 0. The maximum absolute atomic E-state index is 10.6. The van der Waals surface area contributed by atoms with Crippen molar-refractivity contribution in [1.82, 2.24) is 4.90 Å². The summed E-state index contributed by atoms with van der Waals surface area (Å²) in [5, 5.41) is 12.6. The summed E-state index contributed by atoms with van der Waals surface area (Å²) in [5.41, 5.74) is 1.02. The average Bonchev–Trinajstić information content (AvgIpc) is 2.96. The summed E-state index contributed by atoms with van der Waals surface area (Å²) in [7, 11) is 1.77. The SMILES string of the molecule is COCC1CCN(C(C)c2ccc3ccccc3c2O)C1. The van der Waals surface area contributed by atoms with E-state index >= 15 is 0 Å². The number of ether oxygens (including phenoxy) is 1. The van der Waals surface area contributed by atoms with Gasteiger partial charge in [0.15, 0.2) is 0 Å². The Morgan fingerprint density at radius 3 is 2.90 bits per heavy atom. The lowest BCUT2D eigenvalue weighted by atomic mass is 10.0. The number of likely N-dealkylation sites (tertiary alicyclic amines) is 1. The molecule has 1 heterocycles. The molecule has 0 aromatic heterocycles. The van der Waals surface area contributed by atoms with Gasteiger partial charge in [0.25, 0.3) is 0 Å². The van der Waals surface area contributed by atoms with Crippen LogP contribution in [-0.4, -0.2) is 36.8 Å². The van der Waals surface area contributed by atoms with Crippen LogP contribution in [0, 0.1) is 5.92 Å². The molecule has 0 aliphatic carbocycles. The standard InChI is InChI=1S/C18H23NO2/c1-13(19-10-9-14(11-19)12-21-2)16-8-7-15-5-3-4-6-17(15)18(16)20/h3-8,13-14,20H,9-12H2,1-2H3. The molecule has 0 bridgehead atoms. The molecule has 0 amide bonds. The highest BCUT2D eigenvalue weighted by Gasteiger charge is 2.28. The van der Waals surface area contributed by atoms with Crippen LogP contribution in [-0.2, 0) is 4.74 Å². The fraction of sp³-hybridized carbons (Fsp3) is 0.444. The van der Waals surface area contributed by atoms with Gasteiger partial charge < -0.3 is 9.84 Å². The third-order valence-electron chi connectivity index (χ3n) is 4.65. The lowest BCUT2D eigenvalue weighted by Gasteiger charge is -2.26. The molecule has 0 saturated carbocycles. The molecule has 1 aliphatic heterocycles. The van der Waals surface area contributed by atoms with Gasteiger partial charge in [-0.25, -0.2) is 0 Å². The summed E-state index contributed by atoms with van der Waals surface area (Å²) in [6.07, 6.45) is 1.17. The predicted molar refractivity (Wildman–Crippen MR) is 85.6 cm³/mol. The Bertz CT molecular complexity index is 626. The van der Waals surface area contributed by atoms with Crippen molar-refractivity contribution in [2.45, 2.75) is 19.4 Å². The van der Waals surface area contributed by atoms with Crippen molar-refractivity contribution in [2.24, 2.45) is 5.92 Å². The van der Waals surface area contributed by atoms with Crippen molar-refractivity contribution in [3.63, 3.8) is 0 Å². The largest absolute Gasteiger partial charge is 0.507 e. The number of benzene rings is 2. The molecule has 1 fully saturated rings. The van der Waals surface area contributed by atoms with Crippen molar-refractivity contribution in [3.05, 3.63) is 42.0 Å². The number of fused-ring (bicyclic) bond motifs is 1. The highest BCUT2D eigenvalue weighted by atomic mass is 16.5. The molecule has 1 aliphatic rings. The average molecular weight is 285 g/mol. The van der Waals surface area contributed by atoms with Crippen molar-refractivity contribution in [1.29, 1.82) is 0 Å². The highest BCUT2D eigenvalue weighted by Crippen LogP contribution is 2.36. The maximum atomic E-state index is 10.6. The summed E-state index contributed by atoms with van der Waals surface area (Å²) in [6, 6.07) is 12.4. The second kappa shape index (κ2) is 6.04. The van der Waals surface area contributed by atoms with E-state index in [1.54, 1.807) is 7.11 Å². The number of rotatable bonds is 4. The Morgan fingerprint density at radius 2 is 2.10 bits per heavy atom. The smallest absolute Gasteiger partial charge is 0.128 e. The van der Waals surface area contributed by atoms with Crippen LogP contribution in [0.25, 0.3) is 10.8 Å². The zero-order chi connectivity index (χ0) is 14.8. The van der Waals surface area contributed by atoms with Crippen molar-refractivity contribution < 1.29 is 9.84 Å². The van der Waals surface area contributed by atoms with E-state index in [2.05, 4.69) is 24.0 Å². The van der Waals surface area contributed by atoms with Gasteiger partial charge in [-0.05, 0) is 31.2 Å². The van der Waals surface area contributed by atoms with Gasteiger partial charge in [-0.3, -0.25) is 4.90 Å². The van der Waals surface area contributed by atoms with Gasteiger partial charge >= 0.3 is 0 Å². The number of phenols is 1. The number of hydrogen-bond donors (Lipinski definition) is 1. The molecule has 21 heavy (non-hydrogen) atoms. The van der Waals surface area contributed by atoms with Crippen molar-refractivity contribution in [2.75, 3.05) is 26.8 Å². The molecular formula is C18H23NO2. The zero-order valence-electron chi connectivity index (χ0n) is 12.7. The van der Waals surface area contributed by atoms with E-state index in [0.29, 0.717) is 11.7 Å². The van der Waals surface area contributed by atoms with Crippen LogP contribution in [0.1, 0.15) is 24.9 Å².